The van der Waals surface area contributed by atoms with Crippen LogP contribution in [0, 0.1) is 17.7 Å². The highest BCUT2D eigenvalue weighted by Crippen LogP contribution is 2.10. The molecule has 1 atom stereocenters. The number of benzene rings is 1. The van der Waals surface area contributed by atoms with Crippen molar-refractivity contribution in [3.8, 4) is 0 Å². The minimum absolute atomic E-state index is 0.0201. The third-order valence-corrected chi connectivity index (χ3v) is 2.10. The second-order valence-electron chi connectivity index (χ2n) is 3.45. The zero-order chi connectivity index (χ0) is 10.6. The summed E-state index contributed by atoms with van der Waals surface area (Å²) in [7, 11) is 0. The van der Waals surface area contributed by atoms with E-state index < -0.39 is 0 Å². The average Bonchev–Trinajstić information content (AvgIpc) is 2.17. The van der Waals surface area contributed by atoms with E-state index in [1.54, 1.807) is 13.0 Å². The molecule has 14 heavy (non-hydrogen) atoms. The van der Waals surface area contributed by atoms with E-state index in [2.05, 4.69) is 5.18 Å². The molecule has 1 rings (SSSR count). The summed E-state index contributed by atoms with van der Waals surface area (Å²) in [5, 5.41) is 2.73. The van der Waals surface area contributed by atoms with E-state index in [0.29, 0.717) is 5.56 Å². The molecule has 0 saturated heterocycles. The summed E-state index contributed by atoms with van der Waals surface area (Å²) in [6.07, 6.45) is 0. The summed E-state index contributed by atoms with van der Waals surface area (Å²) in [5.74, 6) is -0.345. The van der Waals surface area contributed by atoms with Crippen molar-refractivity contribution in [3.05, 3.63) is 40.3 Å². The number of Topliss-reactive ketones (excluding diaryl/α,β-unsaturated/α-hetero) is 1. The van der Waals surface area contributed by atoms with Crippen LogP contribution in [0.4, 0.5) is 0 Å². The monoisotopic (exact) mass is 191 g/mol. The van der Waals surface area contributed by atoms with Crippen LogP contribution in [0.15, 0.2) is 29.4 Å². The third-order valence-electron chi connectivity index (χ3n) is 2.10. The van der Waals surface area contributed by atoms with Gasteiger partial charge < -0.3 is 0 Å². The van der Waals surface area contributed by atoms with Gasteiger partial charge in [-0.2, -0.15) is 4.91 Å². The maximum absolute atomic E-state index is 11.7. The Morgan fingerprint density at radius 1 is 1.50 bits per heavy atom. The number of hydrogen-bond acceptors (Lipinski definition) is 3. The van der Waals surface area contributed by atoms with E-state index in [4.69, 9.17) is 0 Å². The Balaban J connectivity index is 2.83. The predicted octanol–water partition coefficient (Wildman–Crippen LogP) is 2.58. The zero-order valence-corrected chi connectivity index (χ0v) is 8.36. The molecule has 0 spiro atoms. The number of rotatable bonds is 4. The van der Waals surface area contributed by atoms with Gasteiger partial charge >= 0.3 is 0 Å². The molecule has 1 unspecified atom stereocenters. The van der Waals surface area contributed by atoms with E-state index in [1.807, 2.05) is 25.1 Å². The quantitative estimate of drug-likeness (QED) is 0.542. The van der Waals surface area contributed by atoms with Crippen LogP contribution in [0.3, 0.4) is 0 Å². The van der Waals surface area contributed by atoms with Gasteiger partial charge in [0.25, 0.3) is 0 Å². The van der Waals surface area contributed by atoms with Gasteiger partial charge in [0.1, 0.15) is 0 Å². The molecule has 3 heteroatoms. The van der Waals surface area contributed by atoms with Gasteiger partial charge in [0.05, 0.1) is 6.54 Å². The summed E-state index contributed by atoms with van der Waals surface area (Å²) in [4.78, 5) is 21.7. The lowest BCUT2D eigenvalue weighted by Gasteiger charge is -2.06. The molecule has 0 bridgehead atoms. The molecule has 0 amide bonds. The molecule has 0 aliphatic carbocycles. The van der Waals surface area contributed by atoms with Crippen LogP contribution in [0.25, 0.3) is 0 Å². The van der Waals surface area contributed by atoms with Crippen LogP contribution in [0.2, 0.25) is 0 Å². The Hall–Kier alpha value is -1.51. The molecule has 0 N–H and O–H groups in total. The van der Waals surface area contributed by atoms with Crippen molar-refractivity contribution in [3.63, 3.8) is 0 Å². The largest absolute Gasteiger partial charge is 0.294 e. The number of carbonyl (C=O) groups excluding carboxylic acids is 1. The Labute approximate surface area is 83.1 Å². The molecule has 0 radical (unpaired) electrons. The molecule has 0 aromatic heterocycles. The summed E-state index contributed by atoms with van der Waals surface area (Å²) in [5.41, 5.74) is 1.70. The standard InChI is InChI=1S/C11H13NO2/c1-8-4-3-5-10(6-8)11(13)9(2)7-12-14/h3-6,9H,7H2,1-2H3. The number of aryl methyl sites for hydroxylation is 1. The van der Waals surface area contributed by atoms with E-state index in [9.17, 15) is 9.70 Å². The summed E-state index contributed by atoms with van der Waals surface area (Å²) >= 11 is 0. The van der Waals surface area contributed by atoms with Gasteiger partial charge in [-0.1, -0.05) is 35.9 Å². The lowest BCUT2D eigenvalue weighted by Crippen LogP contribution is -2.14. The van der Waals surface area contributed by atoms with Crippen LogP contribution in [0.1, 0.15) is 22.8 Å². The summed E-state index contributed by atoms with van der Waals surface area (Å²) in [6, 6.07) is 7.35. The molecule has 0 aliphatic rings. The van der Waals surface area contributed by atoms with Crippen molar-refractivity contribution in [2.45, 2.75) is 13.8 Å². The van der Waals surface area contributed by atoms with Crippen LogP contribution in [0.5, 0.6) is 0 Å². The lowest BCUT2D eigenvalue weighted by molar-refractivity contribution is 0.0934. The molecule has 1 aromatic rings. The normalized spacial score (nSPS) is 12.1. The summed E-state index contributed by atoms with van der Waals surface area (Å²) in [6.45, 7) is 3.69. The Morgan fingerprint density at radius 3 is 2.79 bits per heavy atom. The number of nitroso groups, excluding NO2 is 1. The lowest BCUT2D eigenvalue weighted by atomic mass is 9.98. The highest BCUT2D eigenvalue weighted by molar-refractivity contribution is 5.97. The Kier molecular flexibility index (Phi) is 3.51. The van der Waals surface area contributed by atoms with Crippen molar-refractivity contribution < 1.29 is 4.79 Å². The fraction of sp³-hybridized carbons (Fsp3) is 0.364. The molecule has 3 nitrogen and oxygen atoms in total. The zero-order valence-electron chi connectivity index (χ0n) is 8.36. The van der Waals surface area contributed by atoms with Gasteiger partial charge in [0.15, 0.2) is 5.78 Å². The minimum atomic E-state index is -0.325. The van der Waals surface area contributed by atoms with Gasteiger partial charge in [-0.3, -0.25) is 4.79 Å². The Bertz CT molecular complexity index is 347. The first-order chi connectivity index (χ1) is 6.65. The Morgan fingerprint density at radius 2 is 2.21 bits per heavy atom. The van der Waals surface area contributed by atoms with Gasteiger partial charge in [0, 0.05) is 11.5 Å². The number of nitrogens with zero attached hydrogens (tertiary/aromatic N) is 1. The first-order valence-electron chi connectivity index (χ1n) is 4.55. The van der Waals surface area contributed by atoms with Crippen molar-refractivity contribution in [1.29, 1.82) is 0 Å². The molecular weight excluding hydrogens is 178 g/mol. The highest BCUT2D eigenvalue weighted by Gasteiger charge is 2.14. The SMILES string of the molecule is Cc1cccc(C(=O)C(C)CN=O)c1. The maximum atomic E-state index is 11.7. The molecule has 0 fully saturated rings. The molecule has 0 aliphatic heterocycles. The van der Waals surface area contributed by atoms with Crippen molar-refractivity contribution in [2.24, 2.45) is 11.1 Å². The second-order valence-corrected chi connectivity index (χ2v) is 3.45. The van der Waals surface area contributed by atoms with Crippen LogP contribution in [-0.4, -0.2) is 12.3 Å². The van der Waals surface area contributed by atoms with Crippen molar-refractivity contribution in [2.75, 3.05) is 6.54 Å². The van der Waals surface area contributed by atoms with Gasteiger partial charge in [0.2, 0.25) is 0 Å². The van der Waals surface area contributed by atoms with Gasteiger partial charge in [-0.15, -0.1) is 0 Å². The molecule has 1 aromatic carbocycles. The summed E-state index contributed by atoms with van der Waals surface area (Å²) < 4.78 is 0. The smallest absolute Gasteiger partial charge is 0.167 e. The highest BCUT2D eigenvalue weighted by atomic mass is 16.3. The fourth-order valence-electron chi connectivity index (χ4n) is 1.28. The fourth-order valence-corrected chi connectivity index (χ4v) is 1.28. The second kappa shape index (κ2) is 4.65. The van der Waals surface area contributed by atoms with Gasteiger partial charge in [-0.25, -0.2) is 0 Å². The van der Waals surface area contributed by atoms with Crippen molar-refractivity contribution in [1.82, 2.24) is 0 Å². The van der Waals surface area contributed by atoms with Gasteiger partial charge in [-0.05, 0) is 13.0 Å². The minimum Gasteiger partial charge on any atom is -0.294 e. The molecule has 74 valence electrons. The third kappa shape index (κ3) is 2.49. The van der Waals surface area contributed by atoms with Crippen molar-refractivity contribution >= 4 is 5.78 Å². The van der Waals surface area contributed by atoms with E-state index in [0.717, 1.165) is 5.56 Å². The average molecular weight is 191 g/mol. The van der Waals surface area contributed by atoms with E-state index in [1.165, 1.54) is 0 Å². The maximum Gasteiger partial charge on any atom is 0.167 e. The molecule has 0 heterocycles. The van der Waals surface area contributed by atoms with Crippen LogP contribution in [-0.2, 0) is 0 Å². The first kappa shape index (κ1) is 10.6. The van der Waals surface area contributed by atoms with E-state index in [-0.39, 0.29) is 18.2 Å². The van der Waals surface area contributed by atoms with E-state index >= 15 is 0 Å². The first-order valence-corrected chi connectivity index (χ1v) is 4.55. The number of hydrogen-bond donors (Lipinski definition) is 0. The molecule has 0 saturated carbocycles. The molecular formula is C11H13NO2. The number of carbonyl (C=O) groups is 1. The van der Waals surface area contributed by atoms with Crippen LogP contribution < -0.4 is 0 Å². The topological polar surface area (TPSA) is 46.5 Å². The number of ketones is 1. The van der Waals surface area contributed by atoms with Crippen LogP contribution >= 0.6 is 0 Å². The predicted molar refractivity (Wildman–Crippen MR) is 55.3 cm³/mol.